The summed E-state index contributed by atoms with van der Waals surface area (Å²) in [6.45, 7) is 6.24. The van der Waals surface area contributed by atoms with Gasteiger partial charge in [0, 0.05) is 49.7 Å². The highest BCUT2D eigenvalue weighted by Gasteiger charge is 2.35. The van der Waals surface area contributed by atoms with E-state index in [0.717, 1.165) is 43.7 Å². The van der Waals surface area contributed by atoms with Crippen molar-refractivity contribution in [3.8, 4) is 5.88 Å². The van der Waals surface area contributed by atoms with Crippen molar-refractivity contribution in [3.63, 3.8) is 0 Å². The number of aliphatic hydroxyl groups excluding tert-OH is 1. The number of pyridine rings is 2. The molecule has 0 spiro atoms. The minimum absolute atomic E-state index is 0.0486. The first-order chi connectivity index (χ1) is 18.1. The van der Waals surface area contributed by atoms with Gasteiger partial charge in [0.15, 0.2) is 0 Å². The van der Waals surface area contributed by atoms with Gasteiger partial charge in [0.05, 0.1) is 26.2 Å². The number of aromatic nitrogens is 2. The van der Waals surface area contributed by atoms with E-state index < -0.39 is 17.6 Å². The highest BCUT2D eigenvalue weighted by molar-refractivity contribution is 5.78. The van der Waals surface area contributed by atoms with E-state index >= 15 is 0 Å². The summed E-state index contributed by atoms with van der Waals surface area (Å²) in [5, 5.41) is 21.0. The lowest BCUT2D eigenvalue weighted by Gasteiger charge is -2.27. The number of carboxylic acid groups (broad SMARTS) is 1. The molecule has 1 saturated heterocycles. The summed E-state index contributed by atoms with van der Waals surface area (Å²) < 4.78 is 5.08. The van der Waals surface area contributed by atoms with E-state index in [0.29, 0.717) is 31.1 Å². The molecule has 5 N–H and O–H groups in total. The van der Waals surface area contributed by atoms with Crippen LogP contribution >= 0.6 is 0 Å². The summed E-state index contributed by atoms with van der Waals surface area (Å²) in [6.07, 6.45) is 5.21. The van der Waals surface area contributed by atoms with Gasteiger partial charge in [-0.15, -0.1) is 0 Å². The first kappa shape index (κ1) is 29.1. The molecule has 0 bridgehead atoms. The average molecular weight is 529 g/mol. The number of nitrogens with two attached hydrogens (primary N) is 1. The molecule has 0 saturated carbocycles. The number of hydrogen-bond acceptors (Lipinski definition) is 8. The van der Waals surface area contributed by atoms with E-state index in [1.807, 2.05) is 0 Å². The maximum absolute atomic E-state index is 13.0. The molecule has 0 unspecified atom stereocenters. The minimum atomic E-state index is -0.954. The zero-order valence-corrected chi connectivity index (χ0v) is 22.5. The second kappa shape index (κ2) is 13.4. The van der Waals surface area contributed by atoms with Gasteiger partial charge in [0.2, 0.25) is 5.88 Å². The Kier molecular flexibility index (Phi) is 10.3. The summed E-state index contributed by atoms with van der Waals surface area (Å²) in [7, 11) is 1.52. The Morgan fingerprint density at radius 1 is 1.26 bits per heavy atom. The van der Waals surface area contributed by atoms with E-state index in [1.165, 1.54) is 12.7 Å². The van der Waals surface area contributed by atoms with Gasteiger partial charge in [-0.25, -0.2) is 14.8 Å². The number of anilines is 1. The molecule has 4 heterocycles. The molecule has 0 aromatic carbocycles. The fourth-order valence-corrected chi connectivity index (χ4v) is 4.34. The van der Waals surface area contributed by atoms with Gasteiger partial charge in [-0.3, -0.25) is 4.79 Å². The smallest absolute Gasteiger partial charge is 0.320 e. The third-order valence-corrected chi connectivity index (χ3v) is 6.44. The molecular formula is C27H40N6O5. The van der Waals surface area contributed by atoms with Crippen LogP contribution < -0.4 is 15.8 Å². The molecule has 1 atom stereocenters. The number of aliphatic hydroxyl groups is 1. The maximum atomic E-state index is 13.0. The van der Waals surface area contributed by atoms with E-state index in [4.69, 9.17) is 20.6 Å². The van der Waals surface area contributed by atoms with Gasteiger partial charge < -0.3 is 35.8 Å². The molecule has 2 aromatic rings. The number of methoxy groups -OCH3 is 1. The number of fused-ring (bicyclic) bond motifs is 1. The summed E-state index contributed by atoms with van der Waals surface area (Å²) in [5.74, 6) is 0.481. The number of nitrogens with zero attached hydrogens (tertiary/aromatic N) is 4. The van der Waals surface area contributed by atoms with Crippen LogP contribution in [0.25, 0.3) is 0 Å². The predicted octanol–water partition coefficient (Wildman–Crippen LogP) is 2.45. The van der Waals surface area contributed by atoms with Crippen molar-refractivity contribution in [1.82, 2.24) is 19.8 Å². The highest BCUT2D eigenvalue weighted by atomic mass is 16.5. The lowest BCUT2D eigenvalue weighted by atomic mass is 10.0. The number of carbonyl (C=O) groups is 2. The van der Waals surface area contributed by atoms with Crippen LogP contribution in [0.1, 0.15) is 56.0 Å². The molecular weight excluding hydrogens is 488 g/mol. The molecule has 1 fully saturated rings. The zero-order valence-electron chi connectivity index (χ0n) is 22.5. The minimum Gasteiger partial charge on any atom is -0.481 e. The van der Waals surface area contributed by atoms with Crippen LogP contribution in [0.5, 0.6) is 5.88 Å². The molecule has 11 nitrogen and oxygen atoms in total. The first-order valence-electron chi connectivity index (χ1n) is 13.0. The number of amides is 2. The standard InChI is InChI=1S/C23H29N5O4.C4H11NO/c1-32-20-9-7-17(15-25-20)19(14-21(29)30)28-13-12-27(23(28)31)11-3-5-18-8-6-16-4-2-10-24-22(16)26-18;1-4(2,5)3-6/h6-9,15,19H,2-5,10-14H2,1H3,(H,24,26)(H,29,30);6H,3,5H2,1-2H3/t19-;/m1./s1. The Bertz CT molecular complexity index is 1070. The number of aliphatic carboxylic acids is 1. The molecule has 208 valence electrons. The molecule has 2 aliphatic heterocycles. The predicted molar refractivity (Wildman–Crippen MR) is 144 cm³/mol. The van der Waals surface area contributed by atoms with E-state index in [1.54, 1.807) is 42.0 Å². The molecule has 2 aliphatic rings. The average Bonchev–Trinajstić information content (AvgIpc) is 3.27. The number of aryl methyl sites for hydroxylation is 2. The van der Waals surface area contributed by atoms with Crippen molar-refractivity contribution in [3.05, 3.63) is 47.3 Å². The molecule has 4 rings (SSSR count). The Hall–Kier alpha value is -3.44. The fourth-order valence-electron chi connectivity index (χ4n) is 4.34. The topological polar surface area (TPSA) is 154 Å². The van der Waals surface area contributed by atoms with Gasteiger partial charge in [0.1, 0.15) is 5.82 Å². The Morgan fingerprint density at radius 2 is 2.03 bits per heavy atom. The highest BCUT2D eigenvalue weighted by Crippen LogP contribution is 2.29. The number of rotatable bonds is 10. The van der Waals surface area contributed by atoms with Crippen LogP contribution in [0.15, 0.2) is 30.5 Å². The van der Waals surface area contributed by atoms with Gasteiger partial charge in [0.25, 0.3) is 0 Å². The lowest BCUT2D eigenvalue weighted by Crippen LogP contribution is -2.36. The van der Waals surface area contributed by atoms with Crippen LogP contribution in [0, 0.1) is 0 Å². The Labute approximate surface area is 224 Å². The Balaban J connectivity index is 0.000000599. The van der Waals surface area contributed by atoms with E-state index in [9.17, 15) is 14.7 Å². The summed E-state index contributed by atoms with van der Waals surface area (Å²) >= 11 is 0. The normalized spacial score (nSPS) is 15.8. The number of carbonyl (C=O) groups excluding carboxylic acids is 1. The van der Waals surface area contributed by atoms with Crippen molar-refractivity contribution >= 4 is 17.8 Å². The van der Waals surface area contributed by atoms with E-state index in [-0.39, 0.29) is 19.1 Å². The number of hydrogen-bond donors (Lipinski definition) is 4. The molecule has 2 amide bonds. The number of urea groups is 1. The van der Waals surface area contributed by atoms with Crippen molar-refractivity contribution in [2.75, 3.05) is 45.2 Å². The van der Waals surface area contributed by atoms with Crippen LogP contribution in [-0.4, -0.2) is 87.4 Å². The summed E-state index contributed by atoms with van der Waals surface area (Å²) in [5.41, 5.74) is 7.86. The summed E-state index contributed by atoms with van der Waals surface area (Å²) in [4.78, 5) is 36.8. The second-order valence-electron chi connectivity index (χ2n) is 10.3. The van der Waals surface area contributed by atoms with Gasteiger partial charge in [-0.2, -0.15) is 0 Å². The van der Waals surface area contributed by atoms with Crippen molar-refractivity contribution in [2.45, 2.75) is 57.5 Å². The third kappa shape index (κ3) is 8.29. The molecule has 2 aromatic heterocycles. The Morgan fingerprint density at radius 3 is 2.66 bits per heavy atom. The zero-order chi connectivity index (χ0) is 27.7. The largest absolute Gasteiger partial charge is 0.481 e. The maximum Gasteiger partial charge on any atom is 0.320 e. The number of carboxylic acids is 1. The van der Waals surface area contributed by atoms with Crippen LogP contribution in [0.3, 0.4) is 0 Å². The van der Waals surface area contributed by atoms with Crippen molar-refractivity contribution in [1.29, 1.82) is 0 Å². The molecule has 0 aliphatic carbocycles. The quantitative estimate of drug-likeness (QED) is 0.364. The summed E-state index contributed by atoms with van der Waals surface area (Å²) in [6, 6.07) is 6.98. The molecule has 0 radical (unpaired) electrons. The molecule has 38 heavy (non-hydrogen) atoms. The van der Waals surface area contributed by atoms with Gasteiger partial charge in [-0.1, -0.05) is 12.1 Å². The monoisotopic (exact) mass is 528 g/mol. The van der Waals surface area contributed by atoms with Crippen molar-refractivity contribution in [2.24, 2.45) is 5.73 Å². The lowest BCUT2D eigenvalue weighted by molar-refractivity contribution is -0.138. The van der Waals surface area contributed by atoms with E-state index in [2.05, 4.69) is 22.4 Å². The number of nitrogens with one attached hydrogen (secondary N) is 1. The SMILES string of the molecule is CC(C)(N)CO.COc1ccc([C@@H](CC(=O)O)N2CCN(CCCc3ccc4c(n3)NCCC4)C2=O)cn1. The van der Waals surface area contributed by atoms with Gasteiger partial charge in [-0.05, 0) is 56.7 Å². The molecule has 11 heteroatoms. The second-order valence-corrected chi connectivity index (χ2v) is 10.3. The first-order valence-corrected chi connectivity index (χ1v) is 13.0. The van der Waals surface area contributed by atoms with Crippen LogP contribution in [0.2, 0.25) is 0 Å². The number of ether oxygens (including phenoxy) is 1. The van der Waals surface area contributed by atoms with Crippen molar-refractivity contribution < 1.29 is 24.5 Å². The van der Waals surface area contributed by atoms with Gasteiger partial charge >= 0.3 is 12.0 Å². The fraction of sp³-hybridized carbons (Fsp3) is 0.556. The van der Waals surface area contributed by atoms with Crippen LogP contribution in [-0.2, 0) is 17.6 Å². The third-order valence-electron chi connectivity index (χ3n) is 6.44. The van der Waals surface area contributed by atoms with Crippen LogP contribution in [0.4, 0.5) is 10.6 Å².